The number of hydrogen-bond acceptors (Lipinski definition) is 3. The molecule has 0 heterocycles. The van der Waals surface area contributed by atoms with Crippen LogP contribution in [0.25, 0.3) is 0 Å². The Morgan fingerprint density at radius 2 is 2.18 bits per heavy atom. The highest BCUT2D eigenvalue weighted by Crippen LogP contribution is 2.13. The molecule has 3 heteroatoms. The van der Waals surface area contributed by atoms with Gasteiger partial charge in [0.05, 0.1) is 6.10 Å². The molecule has 0 aliphatic heterocycles. The van der Waals surface area contributed by atoms with Gasteiger partial charge in [0.25, 0.3) is 0 Å². The molecule has 1 aromatic carbocycles. The van der Waals surface area contributed by atoms with Crippen LogP contribution >= 0.6 is 0 Å². The lowest BCUT2D eigenvalue weighted by Gasteiger charge is -2.11. The monoisotopic (exact) mass is 237 g/mol. The Bertz CT molecular complexity index is 315. The second-order valence-corrected chi connectivity index (χ2v) is 4.20. The van der Waals surface area contributed by atoms with Gasteiger partial charge in [-0.05, 0) is 37.1 Å². The van der Waals surface area contributed by atoms with Crippen molar-refractivity contribution < 1.29 is 9.84 Å². The Kier molecular flexibility index (Phi) is 6.67. The Balaban J connectivity index is 2.42. The first kappa shape index (κ1) is 14.0. The van der Waals surface area contributed by atoms with E-state index in [9.17, 15) is 5.11 Å². The molecule has 1 aromatic rings. The van der Waals surface area contributed by atoms with E-state index in [1.54, 1.807) is 0 Å². The van der Waals surface area contributed by atoms with Crippen LogP contribution in [0.2, 0.25) is 0 Å². The van der Waals surface area contributed by atoms with Crippen molar-refractivity contribution in [3.05, 3.63) is 29.8 Å². The third-order valence-corrected chi connectivity index (χ3v) is 2.57. The molecular weight excluding hydrogens is 214 g/mol. The van der Waals surface area contributed by atoms with Gasteiger partial charge >= 0.3 is 0 Å². The van der Waals surface area contributed by atoms with Gasteiger partial charge in [0.15, 0.2) is 0 Å². The molecule has 0 aliphatic rings. The largest absolute Gasteiger partial charge is 0.491 e. The molecule has 0 amide bonds. The summed E-state index contributed by atoms with van der Waals surface area (Å²) in [4.78, 5) is 0. The van der Waals surface area contributed by atoms with Crippen LogP contribution < -0.4 is 10.1 Å². The molecule has 0 radical (unpaired) electrons. The Morgan fingerprint density at radius 3 is 2.88 bits per heavy atom. The zero-order valence-electron chi connectivity index (χ0n) is 10.8. The standard InChI is InChI=1S/C14H23NO2/c1-3-8-15-10-12-6-5-7-14(9-12)17-11-13(16)4-2/h5-7,9,13,15-16H,3-4,8,10-11H2,1-2H3. The first-order chi connectivity index (χ1) is 8.26. The lowest BCUT2D eigenvalue weighted by molar-refractivity contribution is 0.104. The van der Waals surface area contributed by atoms with Gasteiger partial charge in [0, 0.05) is 6.54 Å². The average molecular weight is 237 g/mol. The molecule has 0 spiro atoms. The number of aliphatic hydroxyl groups excluding tert-OH is 1. The van der Waals surface area contributed by atoms with Crippen LogP contribution in [0.5, 0.6) is 5.75 Å². The lowest BCUT2D eigenvalue weighted by atomic mass is 10.2. The van der Waals surface area contributed by atoms with Gasteiger partial charge in [0.1, 0.15) is 12.4 Å². The van der Waals surface area contributed by atoms with E-state index < -0.39 is 0 Å². The number of rotatable bonds is 8. The minimum absolute atomic E-state index is 0.363. The highest BCUT2D eigenvalue weighted by molar-refractivity contribution is 5.28. The van der Waals surface area contributed by atoms with Crippen molar-refractivity contribution in [2.75, 3.05) is 13.2 Å². The number of aliphatic hydroxyl groups is 1. The average Bonchev–Trinajstić information content (AvgIpc) is 2.37. The maximum absolute atomic E-state index is 9.42. The molecule has 17 heavy (non-hydrogen) atoms. The van der Waals surface area contributed by atoms with Crippen LogP contribution in [0.15, 0.2) is 24.3 Å². The first-order valence-electron chi connectivity index (χ1n) is 6.36. The molecule has 0 aromatic heterocycles. The molecule has 96 valence electrons. The van der Waals surface area contributed by atoms with E-state index in [0.717, 1.165) is 31.7 Å². The highest BCUT2D eigenvalue weighted by Gasteiger charge is 2.02. The summed E-state index contributed by atoms with van der Waals surface area (Å²) in [6.07, 6.45) is 1.48. The normalized spacial score (nSPS) is 12.4. The summed E-state index contributed by atoms with van der Waals surface area (Å²) < 4.78 is 5.53. The van der Waals surface area contributed by atoms with Crippen molar-refractivity contribution in [3.8, 4) is 5.75 Å². The SMILES string of the molecule is CCCNCc1cccc(OCC(O)CC)c1. The minimum atomic E-state index is -0.378. The molecular formula is C14H23NO2. The van der Waals surface area contributed by atoms with Gasteiger partial charge in [-0.1, -0.05) is 26.0 Å². The number of nitrogens with one attached hydrogen (secondary N) is 1. The molecule has 0 aliphatic carbocycles. The number of ether oxygens (including phenoxy) is 1. The molecule has 3 nitrogen and oxygen atoms in total. The summed E-state index contributed by atoms with van der Waals surface area (Å²) in [6.45, 7) is 6.35. The molecule has 1 atom stereocenters. The second-order valence-electron chi connectivity index (χ2n) is 4.20. The van der Waals surface area contributed by atoms with Gasteiger partial charge in [-0.15, -0.1) is 0 Å². The van der Waals surface area contributed by atoms with E-state index >= 15 is 0 Å². The first-order valence-corrected chi connectivity index (χ1v) is 6.36. The second kappa shape index (κ2) is 8.09. The summed E-state index contributed by atoms with van der Waals surface area (Å²) in [7, 11) is 0. The maximum Gasteiger partial charge on any atom is 0.119 e. The van der Waals surface area contributed by atoms with Gasteiger partial charge in [-0.3, -0.25) is 0 Å². The van der Waals surface area contributed by atoms with Crippen LogP contribution in [0.1, 0.15) is 32.3 Å². The van der Waals surface area contributed by atoms with E-state index in [1.165, 1.54) is 5.56 Å². The van der Waals surface area contributed by atoms with E-state index in [4.69, 9.17) is 4.74 Å². The Hall–Kier alpha value is -1.06. The zero-order valence-corrected chi connectivity index (χ0v) is 10.8. The summed E-state index contributed by atoms with van der Waals surface area (Å²) in [5, 5.41) is 12.8. The molecule has 0 fully saturated rings. The third-order valence-electron chi connectivity index (χ3n) is 2.57. The smallest absolute Gasteiger partial charge is 0.119 e. The van der Waals surface area contributed by atoms with Crippen LogP contribution in [0.3, 0.4) is 0 Å². The Labute approximate surface area is 104 Å². The molecule has 1 rings (SSSR count). The van der Waals surface area contributed by atoms with Crippen molar-refractivity contribution in [1.29, 1.82) is 0 Å². The molecule has 1 unspecified atom stereocenters. The summed E-state index contributed by atoms with van der Waals surface area (Å²) in [5.41, 5.74) is 1.21. The number of benzene rings is 1. The van der Waals surface area contributed by atoms with Crippen molar-refractivity contribution in [1.82, 2.24) is 5.32 Å². The topological polar surface area (TPSA) is 41.5 Å². The Morgan fingerprint density at radius 1 is 1.35 bits per heavy atom. The van der Waals surface area contributed by atoms with Crippen LogP contribution in [-0.4, -0.2) is 24.4 Å². The van der Waals surface area contributed by atoms with E-state index in [0.29, 0.717) is 6.61 Å². The fourth-order valence-electron chi connectivity index (χ4n) is 1.47. The van der Waals surface area contributed by atoms with Gasteiger partial charge in [0.2, 0.25) is 0 Å². The van der Waals surface area contributed by atoms with Crippen molar-refractivity contribution >= 4 is 0 Å². The van der Waals surface area contributed by atoms with E-state index in [1.807, 2.05) is 25.1 Å². The van der Waals surface area contributed by atoms with Crippen molar-refractivity contribution in [3.63, 3.8) is 0 Å². The van der Waals surface area contributed by atoms with E-state index in [-0.39, 0.29) is 6.10 Å². The predicted molar refractivity (Wildman–Crippen MR) is 70.2 cm³/mol. The van der Waals surface area contributed by atoms with Gasteiger partial charge < -0.3 is 15.2 Å². The predicted octanol–water partition coefficient (Wildman–Crippen LogP) is 2.34. The van der Waals surface area contributed by atoms with Crippen LogP contribution in [-0.2, 0) is 6.54 Å². The van der Waals surface area contributed by atoms with Crippen molar-refractivity contribution in [2.45, 2.75) is 39.3 Å². The van der Waals surface area contributed by atoms with Crippen LogP contribution in [0.4, 0.5) is 0 Å². The summed E-state index contributed by atoms with van der Waals surface area (Å²) in [6, 6.07) is 8.00. The molecule has 0 bridgehead atoms. The quantitative estimate of drug-likeness (QED) is 0.682. The summed E-state index contributed by atoms with van der Waals surface area (Å²) in [5.74, 6) is 0.827. The molecule has 0 saturated heterocycles. The minimum Gasteiger partial charge on any atom is -0.491 e. The van der Waals surface area contributed by atoms with Crippen LogP contribution in [0, 0.1) is 0 Å². The van der Waals surface area contributed by atoms with Gasteiger partial charge in [-0.25, -0.2) is 0 Å². The maximum atomic E-state index is 9.42. The fourth-order valence-corrected chi connectivity index (χ4v) is 1.47. The van der Waals surface area contributed by atoms with Gasteiger partial charge in [-0.2, -0.15) is 0 Å². The van der Waals surface area contributed by atoms with E-state index in [2.05, 4.69) is 18.3 Å². The summed E-state index contributed by atoms with van der Waals surface area (Å²) >= 11 is 0. The highest BCUT2D eigenvalue weighted by atomic mass is 16.5. The third kappa shape index (κ3) is 5.71. The molecule has 0 saturated carbocycles. The number of hydrogen-bond donors (Lipinski definition) is 2. The zero-order chi connectivity index (χ0) is 12.5. The lowest BCUT2D eigenvalue weighted by Crippen LogP contribution is -2.16. The fraction of sp³-hybridized carbons (Fsp3) is 0.571. The van der Waals surface area contributed by atoms with Crippen molar-refractivity contribution in [2.24, 2.45) is 0 Å². The molecule has 2 N–H and O–H groups in total.